The summed E-state index contributed by atoms with van der Waals surface area (Å²) < 4.78 is 89.1. The molecule has 0 atom stereocenters. The van der Waals surface area contributed by atoms with Gasteiger partial charge in [-0.2, -0.15) is 26.3 Å². The Balaban J connectivity index is 1.22. The molecule has 8 aromatic carbocycles. The zero-order chi connectivity index (χ0) is 43.7. The van der Waals surface area contributed by atoms with Crippen LogP contribution in [0.3, 0.4) is 0 Å². The van der Waals surface area contributed by atoms with Gasteiger partial charge in [-0.1, -0.05) is 115 Å². The SMILES string of the molecule is FC(F)(F)c1ccc2c(c1)c1ccccc1n2-c1ccccc1-c1cc(-c2nc(-c3ccccc3)cc(-c3ccccc3)n2)ccc1-n1c2ccccc2c2cc(C(F)(F)F)ccc21. The zero-order valence-electron chi connectivity index (χ0n) is 33.5. The largest absolute Gasteiger partial charge is 0.416 e. The molecule has 0 amide bonds. The molecule has 3 aromatic heterocycles. The number of halogens is 6. The molecule has 0 aliphatic carbocycles. The monoisotopic (exact) mass is 850 g/mol. The molecule has 0 bridgehead atoms. The van der Waals surface area contributed by atoms with E-state index >= 15 is 0 Å². The summed E-state index contributed by atoms with van der Waals surface area (Å²) in [4.78, 5) is 10.2. The van der Waals surface area contributed by atoms with E-state index in [0.29, 0.717) is 88.9 Å². The van der Waals surface area contributed by atoms with E-state index in [9.17, 15) is 26.3 Å². The van der Waals surface area contributed by atoms with Gasteiger partial charge in [-0.25, -0.2) is 9.97 Å². The first kappa shape index (κ1) is 38.9. The molecule has 0 aliphatic rings. The van der Waals surface area contributed by atoms with Crippen LogP contribution >= 0.6 is 0 Å². The zero-order valence-corrected chi connectivity index (χ0v) is 33.5. The number of alkyl halides is 6. The maximum Gasteiger partial charge on any atom is 0.416 e. The van der Waals surface area contributed by atoms with Crippen molar-refractivity contribution < 1.29 is 26.3 Å². The van der Waals surface area contributed by atoms with E-state index in [-0.39, 0.29) is 0 Å². The molecule has 0 spiro atoms. The molecule has 0 unspecified atom stereocenters. The summed E-state index contributed by atoms with van der Waals surface area (Å²) in [6.07, 6.45) is -9.10. The van der Waals surface area contributed by atoms with E-state index in [2.05, 4.69) is 0 Å². The highest BCUT2D eigenvalue weighted by Crippen LogP contribution is 2.44. The van der Waals surface area contributed by atoms with Crippen molar-refractivity contribution in [2.24, 2.45) is 0 Å². The Labute approximate surface area is 362 Å². The van der Waals surface area contributed by atoms with E-state index < -0.39 is 23.5 Å². The summed E-state index contributed by atoms with van der Waals surface area (Å²) in [5, 5.41) is 2.16. The quantitative estimate of drug-likeness (QED) is 0.156. The van der Waals surface area contributed by atoms with E-state index in [4.69, 9.17) is 9.97 Å². The molecule has 0 fully saturated rings. The van der Waals surface area contributed by atoms with Crippen LogP contribution < -0.4 is 0 Å². The summed E-state index contributed by atoms with van der Waals surface area (Å²) in [5.41, 5.74) is 7.62. The lowest BCUT2D eigenvalue weighted by molar-refractivity contribution is -0.138. The van der Waals surface area contributed by atoms with Crippen molar-refractivity contribution in [1.82, 2.24) is 19.1 Å². The van der Waals surface area contributed by atoms with Gasteiger partial charge in [-0.15, -0.1) is 0 Å². The van der Waals surface area contributed by atoms with Crippen molar-refractivity contribution in [3.8, 4) is 56.4 Å². The van der Waals surface area contributed by atoms with Crippen LogP contribution in [0.1, 0.15) is 11.1 Å². The highest BCUT2D eigenvalue weighted by atomic mass is 19.4. The number of hydrogen-bond acceptors (Lipinski definition) is 2. The molecular weight excluding hydrogens is 819 g/mol. The average Bonchev–Trinajstić information content (AvgIpc) is 3.83. The fourth-order valence-electron chi connectivity index (χ4n) is 8.89. The minimum absolute atomic E-state index is 0.433. The Morgan fingerprint density at radius 3 is 1.28 bits per heavy atom. The minimum Gasteiger partial charge on any atom is -0.309 e. The molecule has 0 saturated heterocycles. The average molecular weight is 851 g/mol. The maximum absolute atomic E-state index is 14.2. The molecule has 0 N–H and O–H groups in total. The van der Waals surface area contributed by atoms with Gasteiger partial charge in [0.05, 0.1) is 56.0 Å². The van der Waals surface area contributed by atoms with Crippen molar-refractivity contribution in [2.45, 2.75) is 12.4 Å². The number of fused-ring (bicyclic) bond motifs is 6. The molecule has 3 heterocycles. The van der Waals surface area contributed by atoms with Gasteiger partial charge in [0, 0.05) is 49.4 Å². The fraction of sp³-hybridized carbons (Fsp3) is 0.0370. The molecule has 64 heavy (non-hydrogen) atoms. The Morgan fingerprint density at radius 2 is 0.766 bits per heavy atom. The van der Waals surface area contributed by atoms with Crippen LogP contribution in [-0.4, -0.2) is 19.1 Å². The van der Waals surface area contributed by atoms with Gasteiger partial charge in [-0.05, 0) is 78.9 Å². The predicted molar refractivity (Wildman–Crippen MR) is 242 cm³/mol. The number of para-hydroxylation sites is 3. The number of aromatic nitrogens is 4. The summed E-state index contributed by atoms with van der Waals surface area (Å²) in [6.45, 7) is 0. The third kappa shape index (κ3) is 6.57. The van der Waals surface area contributed by atoms with Gasteiger partial charge in [0.25, 0.3) is 0 Å². The van der Waals surface area contributed by atoms with Crippen molar-refractivity contribution >= 4 is 43.6 Å². The molecule has 11 aromatic rings. The summed E-state index contributed by atoms with van der Waals surface area (Å²) in [6, 6.07) is 57.4. The smallest absolute Gasteiger partial charge is 0.309 e. The third-order valence-corrected chi connectivity index (χ3v) is 11.8. The van der Waals surface area contributed by atoms with Crippen LogP contribution in [-0.2, 0) is 12.4 Å². The lowest BCUT2D eigenvalue weighted by Crippen LogP contribution is -2.05. The van der Waals surface area contributed by atoms with Crippen molar-refractivity contribution in [3.63, 3.8) is 0 Å². The molecule has 310 valence electrons. The first-order chi connectivity index (χ1) is 31.0. The van der Waals surface area contributed by atoms with Gasteiger partial charge in [0.2, 0.25) is 0 Å². The number of benzene rings is 8. The minimum atomic E-state index is -4.56. The summed E-state index contributed by atoms with van der Waals surface area (Å²) >= 11 is 0. The van der Waals surface area contributed by atoms with Crippen molar-refractivity contribution in [2.75, 3.05) is 0 Å². The molecule has 4 nitrogen and oxygen atoms in total. The number of nitrogens with zero attached hydrogens (tertiary/aromatic N) is 4. The Morgan fingerprint density at radius 1 is 0.328 bits per heavy atom. The molecule has 10 heteroatoms. The van der Waals surface area contributed by atoms with E-state index in [1.807, 2.05) is 155 Å². The van der Waals surface area contributed by atoms with Crippen molar-refractivity contribution in [3.05, 3.63) is 205 Å². The van der Waals surface area contributed by atoms with Crippen LogP contribution in [0.5, 0.6) is 0 Å². The van der Waals surface area contributed by atoms with E-state index in [0.717, 1.165) is 23.3 Å². The molecule has 0 aliphatic heterocycles. The summed E-state index contributed by atoms with van der Waals surface area (Å²) in [5.74, 6) is 0.444. The Hall–Kier alpha value is -7.98. The van der Waals surface area contributed by atoms with Gasteiger partial charge in [-0.3, -0.25) is 0 Å². The first-order valence-electron chi connectivity index (χ1n) is 20.5. The maximum atomic E-state index is 14.2. The van der Waals surface area contributed by atoms with Crippen LogP contribution in [0, 0.1) is 0 Å². The molecular formula is C54H32F6N4. The van der Waals surface area contributed by atoms with Crippen molar-refractivity contribution in [1.29, 1.82) is 0 Å². The van der Waals surface area contributed by atoms with Gasteiger partial charge in [0.1, 0.15) is 0 Å². The first-order valence-corrected chi connectivity index (χ1v) is 20.5. The van der Waals surface area contributed by atoms with Gasteiger partial charge >= 0.3 is 12.4 Å². The van der Waals surface area contributed by atoms with Crippen LogP contribution in [0.4, 0.5) is 26.3 Å². The molecule has 11 rings (SSSR count). The van der Waals surface area contributed by atoms with Crippen LogP contribution in [0.25, 0.3) is 100 Å². The van der Waals surface area contributed by atoms with Gasteiger partial charge in [0.15, 0.2) is 5.82 Å². The highest BCUT2D eigenvalue weighted by Gasteiger charge is 2.33. The lowest BCUT2D eigenvalue weighted by Gasteiger charge is -2.20. The van der Waals surface area contributed by atoms with Crippen LogP contribution in [0.15, 0.2) is 194 Å². The van der Waals surface area contributed by atoms with Crippen LogP contribution in [0.2, 0.25) is 0 Å². The fourth-order valence-corrected chi connectivity index (χ4v) is 8.89. The van der Waals surface area contributed by atoms with E-state index in [1.165, 1.54) is 24.3 Å². The summed E-state index contributed by atoms with van der Waals surface area (Å²) in [7, 11) is 0. The lowest BCUT2D eigenvalue weighted by atomic mass is 9.97. The third-order valence-electron chi connectivity index (χ3n) is 11.8. The predicted octanol–water partition coefficient (Wildman–Crippen LogP) is 15.4. The van der Waals surface area contributed by atoms with Gasteiger partial charge < -0.3 is 9.13 Å². The number of hydrogen-bond donors (Lipinski definition) is 0. The standard InChI is InChI=1S/C54H32F6N4/c55-53(56,57)36-24-27-50-42(30-36)39-18-8-11-21-47(39)63(50)46-20-10-7-17-38(46)41-29-35(52-61-44(33-13-3-1-4-14-33)32-45(62-52)34-15-5-2-6-16-34)23-26-49(41)64-48-22-12-9-19-40(48)43-31-37(54(58,59)60)25-28-51(43)64/h1-32H. The second-order valence-corrected chi connectivity index (χ2v) is 15.6. The molecule has 0 saturated carbocycles. The normalized spacial score (nSPS) is 12.2. The highest BCUT2D eigenvalue weighted by molar-refractivity contribution is 6.12. The number of rotatable bonds is 6. The van der Waals surface area contributed by atoms with E-state index in [1.54, 1.807) is 12.1 Å². The second kappa shape index (κ2) is 14.8. The topological polar surface area (TPSA) is 35.6 Å². The Bertz CT molecular complexity index is 3530. The molecule has 0 radical (unpaired) electrons. The Kier molecular flexibility index (Phi) is 9.02. The second-order valence-electron chi connectivity index (χ2n) is 15.6.